The first-order chi connectivity index (χ1) is 26.8. The first kappa shape index (κ1) is 30.5. The first-order valence-corrected chi connectivity index (χ1v) is 18.6. The summed E-state index contributed by atoms with van der Waals surface area (Å²) in [6.07, 6.45) is 0. The van der Waals surface area contributed by atoms with Gasteiger partial charge in [0, 0.05) is 33.5 Å². The van der Waals surface area contributed by atoms with Gasteiger partial charge in [0.2, 0.25) is 0 Å². The maximum absolute atomic E-state index is 2.41. The summed E-state index contributed by atoms with van der Waals surface area (Å²) in [5.74, 6) is 0. The van der Waals surface area contributed by atoms with Crippen molar-refractivity contribution in [2.75, 3.05) is 4.90 Å². The molecule has 0 unspecified atom stereocenters. The summed E-state index contributed by atoms with van der Waals surface area (Å²) in [5.41, 5.74) is 16.9. The highest BCUT2D eigenvalue weighted by Crippen LogP contribution is 2.50. The van der Waals surface area contributed by atoms with Crippen molar-refractivity contribution in [2.24, 2.45) is 0 Å². The van der Waals surface area contributed by atoms with Gasteiger partial charge in [0.1, 0.15) is 0 Å². The molecule has 10 aromatic rings. The van der Waals surface area contributed by atoms with Crippen LogP contribution in [0.1, 0.15) is 0 Å². The Hall–Kier alpha value is -7.16. The smallest absolute Gasteiger partial charge is 0.0541 e. The highest BCUT2D eigenvalue weighted by atomic mass is 15.1. The van der Waals surface area contributed by atoms with Crippen LogP contribution < -0.4 is 4.90 Å². The number of hydrogen-bond acceptors (Lipinski definition) is 1. The molecule has 1 aliphatic carbocycles. The highest BCUT2D eigenvalue weighted by Gasteiger charge is 2.24. The monoisotopic (exact) mass is 686 g/mol. The number of anilines is 3. The van der Waals surface area contributed by atoms with Gasteiger partial charge in [0.15, 0.2) is 0 Å². The quantitative estimate of drug-likeness (QED) is 0.169. The van der Waals surface area contributed by atoms with Gasteiger partial charge in [0.05, 0.1) is 11.0 Å². The van der Waals surface area contributed by atoms with Gasteiger partial charge in [-0.3, -0.25) is 0 Å². The Bertz CT molecular complexity index is 2970. The van der Waals surface area contributed by atoms with Crippen molar-refractivity contribution in [3.63, 3.8) is 0 Å². The van der Waals surface area contributed by atoms with E-state index in [1.807, 2.05) is 0 Å². The number of fused-ring (bicyclic) bond motifs is 6. The van der Waals surface area contributed by atoms with Crippen molar-refractivity contribution in [3.8, 4) is 50.2 Å². The summed E-state index contributed by atoms with van der Waals surface area (Å²) >= 11 is 0. The zero-order valence-electron chi connectivity index (χ0n) is 29.5. The molecule has 9 aromatic carbocycles. The molecule has 0 radical (unpaired) electrons. The summed E-state index contributed by atoms with van der Waals surface area (Å²) in [5, 5.41) is 5.13. The molecule has 54 heavy (non-hydrogen) atoms. The van der Waals surface area contributed by atoms with E-state index in [1.54, 1.807) is 0 Å². The molecule has 0 amide bonds. The first-order valence-electron chi connectivity index (χ1n) is 18.6. The molecule has 0 spiro atoms. The summed E-state index contributed by atoms with van der Waals surface area (Å²) in [6, 6.07) is 75.1. The summed E-state index contributed by atoms with van der Waals surface area (Å²) in [6.45, 7) is 0. The number of hydrogen-bond donors (Lipinski definition) is 0. The van der Waals surface area contributed by atoms with Gasteiger partial charge >= 0.3 is 0 Å². The lowest BCUT2D eigenvalue weighted by Crippen LogP contribution is -2.10. The number of aromatic nitrogens is 1. The topological polar surface area (TPSA) is 8.17 Å². The number of rotatable bonds is 6. The fourth-order valence-corrected chi connectivity index (χ4v) is 8.64. The highest BCUT2D eigenvalue weighted by molar-refractivity contribution is 6.16. The molecule has 252 valence electrons. The average Bonchev–Trinajstić information content (AvgIpc) is 3.75. The van der Waals surface area contributed by atoms with Gasteiger partial charge in [0.25, 0.3) is 0 Å². The van der Waals surface area contributed by atoms with E-state index in [9.17, 15) is 0 Å². The van der Waals surface area contributed by atoms with Crippen LogP contribution in [0.4, 0.5) is 17.1 Å². The second-order valence-corrected chi connectivity index (χ2v) is 14.2. The van der Waals surface area contributed by atoms with Gasteiger partial charge in [-0.25, -0.2) is 0 Å². The van der Waals surface area contributed by atoms with E-state index >= 15 is 0 Å². The van der Waals surface area contributed by atoms with Crippen LogP contribution in [0.2, 0.25) is 0 Å². The Kier molecular flexibility index (Phi) is 6.90. The maximum atomic E-state index is 2.41. The van der Waals surface area contributed by atoms with Crippen LogP contribution in [0.15, 0.2) is 206 Å². The van der Waals surface area contributed by atoms with E-state index in [2.05, 4.69) is 216 Å². The number of benzene rings is 9. The molecule has 0 aliphatic heterocycles. The fourth-order valence-electron chi connectivity index (χ4n) is 8.64. The van der Waals surface area contributed by atoms with Crippen molar-refractivity contribution in [2.45, 2.75) is 0 Å². The molecule has 0 atom stereocenters. The Labute approximate surface area is 314 Å². The molecular weight excluding hydrogens is 653 g/mol. The predicted octanol–water partition coefficient (Wildman–Crippen LogP) is 14.4. The van der Waals surface area contributed by atoms with E-state index < -0.39 is 0 Å². The normalized spacial score (nSPS) is 11.7. The standard InChI is InChI=1S/C52H34N2/c1-2-12-35(13-3-1)38-14-10-16-42(32-38)53(43-33-39-15-11-21-48-44-17-4-5-18-45(44)49(34-43)52(39)48)40-28-24-36(25-29-40)37-26-30-41(31-27-37)54-50-22-8-6-19-46(50)47-20-7-9-23-51(47)54/h1-34H. The molecule has 11 rings (SSSR count). The van der Waals surface area contributed by atoms with Gasteiger partial charge < -0.3 is 9.47 Å². The van der Waals surface area contributed by atoms with Crippen molar-refractivity contribution in [1.29, 1.82) is 0 Å². The Morgan fingerprint density at radius 1 is 0.315 bits per heavy atom. The Morgan fingerprint density at radius 2 is 0.870 bits per heavy atom. The van der Waals surface area contributed by atoms with E-state index in [1.165, 1.54) is 77.1 Å². The minimum absolute atomic E-state index is 1.11. The summed E-state index contributed by atoms with van der Waals surface area (Å²) in [7, 11) is 0. The molecule has 0 bridgehead atoms. The van der Waals surface area contributed by atoms with Crippen LogP contribution in [0.5, 0.6) is 0 Å². The lowest BCUT2D eigenvalue weighted by molar-refractivity contribution is 1.18. The van der Waals surface area contributed by atoms with Crippen molar-refractivity contribution in [3.05, 3.63) is 206 Å². The molecule has 1 heterocycles. The molecule has 0 saturated carbocycles. The largest absolute Gasteiger partial charge is 0.310 e. The molecule has 0 N–H and O–H groups in total. The van der Waals surface area contributed by atoms with Crippen LogP contribution >= 0.6 is 0 Å². The molecule has 2 nitrogen and oxygen atoms in total. The summed E-state index contributed by atoms with van der Waals surface area (Å²) in [4.78, 5) is 2.41. The second-order valence-electron chi connectivity index (χ2n) is 14.2. The fraction of sp³-hybridized carbons (Fsp3) is 0. The Morgan fingerprint density at radius 3 is 1.59 bits per heavy atom. The van der Waals surface area contributed by atoms with Crippen molar-refractivity contribution in [1.82, 2.24) is 4.57 Å². The van der Waals surface area contributed by atoms with Crippen molar-refractivity contribution < 1.29 is 0 Å². The van der Waals surface area contributed by atoms with Crippen LogP contribution in [0.3, 0.4) is 0 Å². The third-order valence-corrected chi connectivity index (χ3v) is 11.1. The summed E-state index contributed by atoms with van der Waals surface area (Å²) < 4.78 is 2.37. The van der Waals surface area contributed by atoms with Crippen molar-refractivity contribution >= 4 is 49.6 Å². The van der Waals surface area contributed by atoms with E-state index in [4.69, 9.17) is 0 Å². The molecule has 2 heteroatoms. The third-order valence-electron chi connectivity index (χ3n) is 11.1. The zero-order chi connectivity index (χ0) is 35.6. The van der Waals surface area contributed by atoms with Gasteiger partial charge in [-0.2, -0.15) is 0 Å². The zero-order valence-corrected chi connectivity index (χ0v) is 29.5. The van der Waals surface area contributed by atoms with Crippen LogP contribution in [-0.2, 0) is 0 Å². The SMILES string of the molecule is c1ccc(-c2cccc(N(c3ccc(-c4ccc(-n5c6ccccc6c6ccccc65)cc4)cc3)c3cc4c5c(cccc5c3)-c3ccccc3-4)c2)cc1. The van der Waals surface area contributed by atoms with E-state index in [0.29, 0.717) is 0 Å². The molecule has 0 fully saturated rings. The third kappa shape index (κ3) is 4.81. The van der Waals surface area contributed by atoms with Gasteiger partial charge in [-0.15, -0.1) is 0 Å². The van der Waals surface area contributed by atoms with E-state index in [0.717, 1.165) is 22.7 Å². The van der Waals surface area contributed by atoms with Crippen LogP contribution in [-0.4, -0.2) is 4.57 Å². The molecule has 1 aromatic heterocycles. The minimum atomic E-state index is 1.11. The molecule has 0 saturated heterocycles. The molecule has 1 aliphatic rings. The Balaban J connectivity index is 1.01. The second kappa shape index (κ2) is 12.2. The maximum Gasteiger partial charge on any atom is 0.0541 e. The minimum Gasteiger partial charge on any atom is -0.310 e. The molecular formula is C52H34N2. The van der Waals surface area contributed by atoms with Gasteiger partial charge in [-0.05, 0) is 116 Å². The van der Waals surface area contributed by atoms with Gasteiger partial charge in [-0.1, -0.05) is 146 Å². The number of nitrogens with zero attached hydrogens (tertiary/aromatic N) is 2. The number of para-hydroxylation sites is 2. The predicted molar refractivity (Wildman–Crippen MR) is 228 cm³/mol. The lowest BCUT2D eigenvalue weighted by atomic mass is 10.00. The van der Waals surface area contributed by atoms with Crippen LogP contribution in [0.25, 0.3) is 82.8 Å². The van der Waals surface area contributed by atoms with Crippen LogP contribution in [0, 0.1) is 0 Å². The van der Waals surface area contributed by atoms with E-state index in [-0.39, 0.29) is 0 Å². The average molecular weight is 687 g/mol. The lowest BCUT2D eigenvalue weighted by Gasteiger charge is -2.27.